The number of nitrogens with one attached hydrogen (secondary N) is 2. The molecular weight excluding hydrogens is 327 g/mol. The fourth-order valence-electron chi connectivity index (χ4n) is 1.69. The van der Waals surface area contributed by atoms with Crippen molar-refractivity contribution < 1.29 is 4.52 Å². The second-order valence-electron chi connectivity index (χ2n) is 4.34. The molecule has 3 rings (SSSR count). The molecule has 0 aliphatic carbocycles. The molecule has 0 unspecified atom stereocenters. The largest absolute Gasteiger partial charge is 0.360 e. The molecule has 0 spiro atoms. The molecule has 0 saturated carbocycles. The van der Waals surface area contributed by atoms with Gasteiger partial charge in [0.05, 0.1) is 21.9 Å². The number of benzene rings is 1. The highest BCUT2D eigenvalue weighted by Gasteiger charge is 2.08. The van der Waals surface area contributed by atoms with E-state index in [1.54, 1.807) is 31.2 Å². The zero-order valence-corrected chi connectivity index (χ0v) is 12.9. The molecule has 2 aromatic heterocycles. The van der Waals surface area contributed by atoms with Gasteiger partial charge in [-0.05, 0) is 19.1 Å². The molecule has 0 fully saturated rings. The van der Waals surface area contributed by atoms with Crippen LogP contribution in [0.4, 0.5) is 23.3 Å². The van der Waals surface area contributed by atoms with Crippen molar-refractivity contribution in [3.63, 3.8) is 0 Å². The zero-order valence-electron chi connectivity index (χ0n) is 11.3. The van der Waals surface area contributed by atoms with Crippen LogP contribution in [0.2, 0.25) is 10.0 Å². The molecule has 0 saturated heterocycles. The lowest BCUT2D eigenvalue weighted by Crippen LogP contribution is -2.02. The lowest BCUT2D eigenvalue weighted by molar-refractivity contribution is 0.400. The highest BCUT2D eigenvalue weighted by atomic mass is 35.5. The second-order valence-corrected chi connectivity index (χ2v) is 5.12. The Morgan fingerprint density at radius 3 is 2.77 bits per heavy atom. The molecule has 7 nitrogen and oxygen atoms in total. The highest BCUT2D eigenvalue weighted by molar-refractivity contribution is 6.43. The number of rotatable bonds is 4. The minimum absolute atomic E-state index is 0.273. The lowest BCUT2D eigenvalue weighted by Gasteiger charge is -2.08. The van der Waals surface area contributed by atoms with Crippen LogP contribution in [0.1, 0.15) is 5.76 Å². The topological polar surface area (TPSA) is 88.8 Å². The van der Waals surface area contributed by atoms with Crippen LogP contribution in [0.25, 0.3) is 0 Å². The number of aromatic nitrogens is 4. The molecule has 0 radical (unpaired) electrons. The van der Waals surface area contributed by atoms with Crippen LogP contribution < -0.4 is 10.6 Å². The summed E-state index contributed by atoms with van der Waals surface area (Å²) >= 11 is 12.1. The zero-order chi connectivity index (χ0) is 15.5. The van der Waals surface area contributed by atoms with Gasteiger partial charge in [-0.15, -0.1) is 5.10 Å². The molecule has 112 valence electrons. The van der Waals surface area contributed by atoms with Crippen molar-refractivity contribution in [3.8, 4) is 0 Å². The maximum absolute atomic E-state index is 6.11. The summed E-state index contributed by atoms with van der Waals surface area (Å²) in [5.41, 5.74) is 0.588. The van der Waals surface area contributed by atoms with E-state index >= 15 is 0 Å². The van der Waals surface area contributed by atoms with Crippen molar-refractivity contribution in [2.24, 2.45) is 0 Å². The van der Waals surface area contributed by atoms with Gasteiger partial charge in [-0.3, -0.25) is 0 Å². The van der Waals surface area contributed by atoms with E-state index in [1.807, 2.05) is 0 Å². The van der Waals surface area contributed by atoms with Crippen molar-refractivity contribution in [1.29, 1.82) is 0 Å². The van der Waals surface area contributed by atoms with Gasteiger partial charge in [-0.25, -0.2) is 0 Å². The SMILES string of the molecule is Cc1cc(Nc2cnnc(Nc3cccc(Cl)c3Cl)n2)no1. The molecule has 2 heterocycles. The maximum Gasteiger partial charge on any atom is 0.249 e. The Hall–Kier alpha value is -2.38. The summed E-state index contributed by atoms with van der Waals surface area (Å²) in [7, 11) is 0. The first-order chi connectivity index (χ1) is 10.6. The molecule has 1 aromatic carbocycles. The van der Waals surface area contributed by atoms with Crippen LogP contribution in [-0.4, -0.2) is 20.3 Å². The van der Waals surface area contributed by atoms with Gasteiger partial charge in [0.25, 0.3) is 0 Å². The number of aryl methyl sites for hydroxylation is 1. The van der Waals surface area contributed by atoms with E-state index in [-0.39, 0.29) is 5.95 Å². The summed E-state index contributed by atoms with van der Waals surface area (Å²) in [6.07, 6.45) is 1.47. The molecule has 2 N–H and O–H groups in total. The molecule has 3 aromatic rings. The van der Waals surface area contributed by atoms with E-state index in [4.69, 9.17) is 27.7 Å². The van der Waals surface area contributed by atoms with E-state index in [0.29, 0.717) is 33.1 Å². The standard InChI is InChI=1S/C13H10Cl2N6O/c1-7-5-10(21-22-7)18-11-6-16-20-13(19-11)17-9-4-2-3-8(14)12(9)15/h2-6H,1H3,(H2,17,18,19,20,21). The van der Waals surface area contributed by atoms with Crippen molar-refractivity contribution in [1.82, 2.24) is 20.3 Å². The predicted octanol–water partition coefficient (Wildman–Crippen LogP) is 3.96. The van der Waals surface area contributed by atoms with Gasteiger partial charge in [-0.1, -0.05) is 34.4 Å². The van der Waals surface area contributed by atoms with Crippen molar-refractivity contribution >= 4 is 46.5 Å². The minimum Gasteiger partial charge on any atom is -0.360 e. The van der Waals surface area contributed by atoms with E-state index in [2.05, 4.69) is 31.0 Å². The first-order valence-corrected chi connectivity index (χ1v) is 6.98. The summed E-state index contributed by atoms with van der Waals surface area (Å²) in [5.74, 6) is 1.96. The van der Waals surface area contributed by atoms with Crippen LogP contribution in [0.5, 0.6) is 0 Å². The maximum atomic E-state index is 6.11. The van der Waals surface area contributed by atoms with Gasteiger partial charge in [0.2, 0.25) is 5.95 Å². The molecule has 0 aliphatic heterocycles. The van der Waals surface area contributed by atoms with Crippen LogP contribution in [0.15, 0.2) is 35.0 Å². The van der Waals surface area contributed by atoms with Gasteiger partial charge in [0, 0.05) is 6.07 Å². The Morgan fingerprint density at radius 2 is 2.00 bits per heavy atom. The van der Waals surface area contributed by atoms with E-state index in [1.165, 1.54) is 6.20 Å². The van der Waals surface area contributed by atoms with Gasteiger partial charge >= 0.3 is 0 Å². The number of nitrogens with zero attached hydrogens (tertiary/aromatic N) is 4. The molecule has 0 atom stereocenters. The van der Waals surface area contributed by atoms with E-state index in [0.717, 1.165) is 0 Å². The molecule has 9 heteroatoms. The van der Waals surface area contributed by atoms with Crippen LogP contribution in [0, 0.1) is 6.92 Å². The first kappa shape index (κ1) is 14.6. The molecule has 22 heavy (non-hydrogen) atoms. The summed E-state index contributed by atoms with van der Waals surface area (Å²) in [5, 5.41) is 18.3. The summed E-state index contributed by atoms with van der Waals surface area (Å²) in [4.78, 5) is 4.26. The highest BCUT2D eigenvalue weighted by Crippen LogP contribution is 2.30. The normalized spacial score (nSPS) is 10.5. The summed E-state index contributed by atoms with van der Waals surface area (Å²) in [6.45, 7) is 1.80. The minimum atomic E-state index is 0.273. The monoisotopic (exact) mass is 336 g/mol. The summed E-state index contributed by atoms with van der Waals surface area (Å²) in [6, 6.07) is 6.96. The Labute approximate surface area is 135 Å². The fraction of sp³-hybridized carbons (Fsp3) is 0.0769. The number of halogens is 2. The van der Waals surface area contributed by atoms with E-state index < -0.39 is 0 Å². The molecule has 0 aliphatic rings. The fourth-order valence-corrected chi connectivity index (χ4v) is 2.04. The third-order valence-corrected chi connectivity index (χ3v) is 3.46. The van der Waals surface area contributed by atoms with E-state index in [9.17, 15) is 0 Å². The van der Waals surface area contributed by atoms with Crippen molar-refractivity contribution in [2.45, 2.75) is 6.92 Å². The summed E-state index contributed by atoms with van der Waals surface area (Å²) < 4.78 is 4.97. The van der Waals surface area contributed by atoms with Crippen molar-refractivity contribution in [2.75, 3.05) is 10.6 Å². The average Bonchev–Trinajstić information content (AvgIpc) is 2.89. The number of hydrogen-bond acceptors (Lipinski definition) is 7. The van der Waals surface area contributed by atoms with Gasteiger partial charge in [0.15, 0.2) is 11.6 Å². The quantitative estimate of drug-likeness (QED) is 0.745. The number of anilines is 4. The Morgan fingerprint density at radius 1 is 1.14 bits per heavy atom. The van der Waals surface area contributed by atoms with Gasteiger partial charge in [-0.2, -0.15) is 10.1 Å². The predicted molar refractivity (Wildman–Crippen MR) is 84.1 cm³/mol. The number of hydrogen-bond donors (Lipinski definition) is 2. The Balaban J connectivity index is 1.80. The molecule has 0 amide bonds. The average molecular weight is 337 g/mol. The first-order valence-electron chi connectivity index (χ1n) is 6.23. The van der Waals surface area contributed by atoms with Crippen LogP contribution in [-0.2, 0) is 0 Å². The van der Waals surface area contributed by atoms with Gasteiger partial charge in [0.1, 0.15) is 5.76 Å². The van der Waals surface area contributed by atoms with Gasteiger partial charge < -0.3 is 15.2 Å². The molecule has 0 bridgehead atoms. The lowest BCUT2D eigenvalue weighted by atomic mass is 10.3. The second kappa shape index (κ2) is 6.17. The Kier molecular flexibility index (Phi) is 4.08. The smallest absolute Gasteiger partial charge is 0.249 e. The van der Waals surface area contributed by atoms with Crippen LogP contribution in [0.3, 0.4) is 0 Å². The Bertz CT molecular complexity index is 807. The molecular formula is C13H10Cl2N6O. The van der Waals surface area contributed by atoms with Crippen molar-refractivity contribution in [3.05, 3.63) is 46.3 Å². The van der Waals surface area contributed by atoms with Crippen LogP contribution >= 0.6 is 23.2 Å². The third kappa shape index (κ3) is 3.26. The third-order valence-electron chi connectivity index (χ3n) is 2.64.